The van der Waals surface area contributed by atoms with Crippen LogP contribution in [0.3, 0.4) is 0 Å². The minimum atomic E-state index is -3.49. The summed E-state index contributed by atoms with van der Waals surface area (Å²) in [4.78, 5) is 34.5. The summed E-state index contributed by atoms with van der Waals surface area (Å²) in [6.07, 6.45) is 5.15. The number of ether oxygens (including phenoxy) is 1. The van der Waals surface area contributed by atoms with Crippen molar-refractivity contribution in [2.45, 2.75) is 68.4 Å². The number of likely N-dealkylation sites (tertiary alicyclic amines) is 1. The van der Waals surface area contributed by atoms with Crippen LogP contribution < -0.4 is 20.0 Å². The van der Waals surface area contributed by atoms with Gasteiger partial charge in [0.25, 0.3) is 0 Å². The third-order valence-electron chi connectivity index (χ3n) is 13.2. The van der Waals surface area contributed by atoms with Crippen molar-refractivity contribution in [3.8, 4) is 0 Å². The topological polar surface area (TPSA) is 126 Å². The highest BCUT2D eigenvalue weighted by molar-refractivity contribution is 7.89. The van der Waals surface area contributed by atoms with E-state index in [1.165, 1.54) is 0 Å². The van der Waals surface area contributed by atoms with E-state index < -0.39 is 27.0 Å². The monoisotopic (exact) mass is 768 g/mol. The first-order valence-electron chi connectivity index (χ1n) is 20.1. The molecule has 2 atom stereocenters. The van der Waals surface area contributed by atoms with E-state index in [1.54, 1.807) is 9.21 Å². The summed E-state index contributed by atoms with van der Waals surface area (Å²) in [5, 5.41) is 14.0. The normalized spacial score (nSPS) is 28.2. The lowest BCUT2D eigenvalue weighted by Gasteiger charge is -2.58. The third kappa shape index (κ3) is 7.15. The molecule has 0 spiro atoms. The fourth-order valence-electron chi connectivity index (χ4n) is 10.7. The molecule has 292 valence electrons. The number of benzene rings is 3. The van der Waals surface area contributed by atoms with Crippen molar-refractivity contribution in [2.75, 3.05) is 67.1 Å². The molecule has 7 aliphatic rings. The Kier molecular flexibility index (Phi) is 9.66. The highest BCUT2D eigenvalue weighted by atomic mass is 32.2. The number of hydrogen-bond donors (Lipinski definition) is 2. The molecule has 55 heavy (non-hydrogen) atoms. The van der Waals surface area contributed by atoms with Crippen LogP contribution in [0.25, 0.3) is 0 Å². The first kappa shape index (κ1) is 36.3. The van der Waals surface area contributed by atoms with Crippen molar-refractivity contribution < 1.29 is 27.9 Å². The minimum absolute atomic E-state index is 0.0437. The van der Waals surface area contributed by atoms with Crippen LogP contribution in [0.5, 0.6) is 0 Å². The van der Waals surface area contributed by atoms with Crippen LogP contribution in [0.2, 0.25) is 0 Å². The van der Waals surface area contributed by atoms with Crippen molar-refractivity contribution >= 4 is 44.9 Å². The lowest BCUT2D eigenvalue weighted by atomic mass is 9.52. The Balaban J connectivity index is 0.779. The Labute approximate surface area is 324 Å². The van der Waals surface area contributed by atoms with Gasteiger partial charge in [0.1, 0.15) is 6.61 Å². The molecule has 3 aromatic carbocycles. The lowest BCUT2D eigenvalue weighted by Crippen LogP contribution is -2.63. The number of piperazine rings is 1. The van der Waals surface area contributed by atoms with Gasteiger partial charge in [-0.2, -0.15) is 4.31 Å². The average molecular weight is 769 g/mol. The van der Waals surface area contributed by atoms with Crippen LogP contribution >= 0.6 is 0 Å². The fraction of sp³-hybridized carbons (Fsp3) is 0.524. The van der Waals surface area contributed by atoms with Gasteiger partial charge in [-0.3, -0.25) is 4.90 Å². The van der Waals surface area contributed by atoms with Gasteiger partial charge in [-0.25, -0.2) is 18.0 Å². The van der Waals surface area contributed by atoms with E-state index in [4.69, 9.17) is 4.74 Å². The number of sulfonamides is 1. The molecule has 4 aliphatic carbocycles. The molecule has 3 aliphatic heterocycles. The van der Waals surface area contributed by atoms with Crippen LogP contribution in [-0.4, -0.2) is 104 Å². The Morgan fingerprint density at radius 2 is 1.38 bits per heavy atom. The number of carbonyl (C=O) groups is 2. The van der Waals surface area contributed by atoms with E-state index in [9.17, 15) is 23.1 Å². The van der Waals surface area contributed by atoms with Crippen molar-refractivity contribution in [2.24, 2.45) is 17.8 Å². The predicted octanol–water partition coefficient (Wildman–Crippen LogP) is 5.55. The maximum Gasteiger partial charge on any atom is 0.410 e. The number of hydrogen-bond acceptors (Lipinski definition) is 8. The van der Waals surface area contributed by atoms with Gasteiger partial charge in [-0.05, 0) is 105 Å². The van der Waals surface area contributed by atoms with Crippen LogP contribution in [0, 0.1) is 17.8 Å². The number of nitrogens with one attached hydrogen (secondary N) is 1. The second-order valence-corrected chi connectivity index (χ2v) is 18.8. The second kappa shape index (κ2) is 14.6. The molecule has 13 heteroatoms. The molecule has 3 amide bonds. The summed E-state index contributed by atoms with van der Waals surface area (Å²) in [5.74, 6) is 1.31. The minimum Gasteiger partial charge on any atom is -0.445 e. The van der Waals surface area contributed by atoms with Gasteiger partial charge in [0, 0.05) is 69.8 Å². The van der Waals surface area contributed by atoms with E-state index in [0.29, 0.717) is 83.0 Å². The number of aliphatic hydroxyl groups is 1. The van der Waals surface area contributed by atoms with Crippen molar-refractivity contribution in [3.63, 3.8) is 0 Å². The lowest BCUT2D eigenvalue weighted by molar-refractivity contribution is -0.136. The van der Waals surface area contributed by atoms with E-state index in [2.05, 4.69) is 45.4 Å². The van der Waals surface area contributed by atoms with Crippen molar-refractivity contribution in [3.05, 3.63) is 84.4 Å². The zero-order valence-corrected chi connectivity index (χ0v) is 32.2. The van der Waals surface area contributed by atoms with Crippen LogP contribution in [0.1, 0.15) is 50.5 Å². The number of carbonyl (C=O) groups excluding carboxylic acids is 2. The average Bonchev–Trinajstić information content (AvgIpc) is 3.21. The number of rotatable bonds is 7. The summed E-state index contributed by atoms with van der Waals surface area (Å²) >= 11 is 0. The Morgan fingerprint density at radius 3 is 2.05 bits per heavy atom. The molecule has 10 rings (SSSR count). The van der Waals surface area contributed by atoms with E-state index in [0.717, 1.165) is 60.4 Å². The van der Waals surface area contributed by atoms with Crippen LogP contribution in [0.4, 0.5) is 32.3 Å². The number of urea groups is 1. The molecule has 3 heterocycles. The number of amides is 3. The summed E-state index contributed by atoms with van der Waals surface area (Å²) < 4.78 is 34.4. The number of para-hydroxylation sites is 2. The first-order chi connectivity index (χ1) is 26.6. The molecule has 2 N–H and O–H groups in total. The van der Waals surface area contributed by atoms with Gasteiger partial charge < -0.3 is 29.9 Å². The smallest absolute Gasteiger partial charge is 0.410 e. The largest absolute Gasteiger partial charge is 0.445 e. The van der Waals surface area contributed by atoms with Crippen LogP contribution in [0.15, 0.2) is 78.9 Å². The summed E-state index contributed by atoms with van der Waals surface area (Å²) in [5.41, 5.74) is 4.37. The second-order valence-electron chi connectivity index (χ2n) is 16.6. The standard InChI is InChI=1S/C42H52N6O6S/c49-40(43-39-32-24-31-25-33(39)28-42(51,26-31)27-32)48-23-22-47(37-8-4-5-9-38(37)48)35-12-10-34(11-13-35)44-18-20-46(21-19-44)55(52,53)36-14-16-45(17-15-36)41(50)54-29-30-6-2-1-3-7-30/h1-13,31-33,36,39,51H,14-29H2,(H,43,49). The number of piperidine rings is 1. The Hall–Kier alpha value is -4.33. The number of fused-ring (bicyclic) bond motifs is 1. The van der Waals surface area contributed by atoms with Crippen LogP contribution in [-0.2, 0) is 21.4 Å². The summed E-state index contributed by atoms with van der Waals surface area (Å²) in [7, 11) is -3.49. The summed E-state index contributed by atoms with van der Waals surface area (Å²) in [6, 6.07) is 26.1. The summed E-state index contributed by atoms with van der Waals surface area (Å²) in [6.45, 7) is 4.19. The maximum absolute atomic E-state index is 13.8. The molecule has 0 aromatic heterocycles. The van der Waals surface area contributed by atoms with Gasteiger partial charge in [0.2, 0.25) is 10.0 Å². The van der Waals surface area contributed by atoms with E-state index >= 15 is 0 Å². The molecule has 3 aromatic rings. The SMILES string of the molecule is O=C(OCc1ccccc1)N1CCC(S(=O)(=O)N2CCN(c3ccc(N4CCN(C(=O)NC5C6CC7CC5CC(O)(C7)C6)c5ccccc54)cc3)CC2)CC1. The maximum atomic E-state index is 13.8. The highest BCUT2D eigenvalue weighted by Crippen LogP contribution is 2.55. The molecule has 4 saturated carbocycles. The van der Waals surface area contributed by atoms with E-state index in [-0.39, 0.29) is 18.7 Å². The van der Waals surface area contributed by atoms with Crippen molar-refractivity contribution in [1.82, 2.24) is 14.5 Å². The molecule has 4 bridgehead atoms. The Morgan fingerprint density at radius 1 is 0.745 bits per heavy atom. The number of anilines is 4. The highest BCUT2D eigenvalue weighted by Gasteiger charge is 2.55. The zero-order valence-electron chi connectivity index (χ0n) is 31.3. The molecule has 12 nitrogen and oxygen atoms in total. The quantitative estimate of drug-likeness (QED) is 0.321. The Bertz CT molecular complexity index is 1970. The third-order valence-corrected chi connectivity index (χ3v) is 15.6. The van der Waals surface area contributed by atoms with Gasteiger partial charge in [0.15, 0.2) is 0 Å². The first-order valence-corrected chi connectivity index (χ1v) is 21.6. The number of nitrogens with zero attached hydrogens (tertiary/aromatic N) is 5. The van der Waals surface area contributed by atoms with Crippen molar-refractivity contribution in [1.29, 1.82) is 0 Å². The molecular formula is C42H52N6O6S. The zero-order chi connectivity index (χ0) is 37.7. The fourth-order valence-corrected chi connectivity index (χ4v) is 12.6. The van der Waals surface area contributed by atoms with Gasteiger partial charge in [0.05, 0.1) is 22.2 Å². The van der Waals surface area contributed by atoms with Gasteiger partial charge in [-0.1, -0.05) is 42.5 Å². The van der Waals surface area contributed by atoms with Gasteiger partial charge in [-0.15, -0.1) is 0 Å². The van der Waals surface area contributed by atoms with E-state index in [1.807, 2.05) is 53.4 Å². The molecule has 2 saturated heterocycles. The van der Waals surface area contributed by atoms with Gasteiger partial charge >= 0.3 is 12.1 Å². The molecule has 6 fully saturated rings. The molecular weight excluding hydrogens is 717 g/mol. The molecule has 2 unspecified atom stereocenters. The predicted molar refractivity (Wildman–Crippen MR) is 212 cm³/mol. The molecule has 0 radical (unpaired) electrons.